The predicted molar refractivity (Wildman–Crippen MR) is 144 cm³/mol. The van der Waals surface area contributed by atoms with Gasteiger partial charge >= 0.3 is 0 Å². The van der Waals surface area contributed by atoms with Crippen molar-refractivity contribution in [1.82, 2.24) is 30.1 Å². The number of tetrazole rings is 1. The molecule has 0 bridgehead atoms. The van der Waals surface area contributed by atoms with Crippen LogP contribution in [0.5, 0.6) is 0 Å². The largest absolute Gasteiger partial charge is 0.376 e. The van der Waals surface area contributed by atoms with Crippen LogP contribution in [0.1, 0.15) is 60.8 Å². The Morgan fingerprint density at radius 3 is 2.62 bits per heavy atom. The highest BCUT2D eigenvalue weighted by Gasteiger charge is 2.31. The van der Waals surface area contributed by atoms with E-state index in [1.165, 1.54) is 16.7 Å². The molecule has 2 atom stereocenters. The lowest BCUT2D eigenvalue weighted by Gasteiger charge is -2.33. The number of H-pyrrole nitrogens is 1. The molecule has 1 saturated heterocycles. The second-order valence-corrected chi connectivity index (χ2v) is 10.6. The summed E-state index contributed by atoms with van der Waals surface area (Å²) < 4.78 is 7.77. The van der Waals surface area contributed by atoms with Crippen LogP contribution in [0.25, 0.3) is 10.9 Å². The van der Waals surface area contributed by atoms with Gasteiger partial charge in [0.15, 0.2) is 5.82 Å². The van der Waals surface area contributed by atoms with E-state index < -0.39 is 0 Å². The first-order chi connectivity index (χ1) is 17.9. The number of aromatic amines is 1. The zero-order chi connectivity index (χ0) is 25.9. The Morgan fingerprint density at radius 1 is 1.11 bits per heavy atom. The van der Waals surface area contributed by atoms with Gasteiger partial charge in [-0.15, -0.1) is 5.10 Å². The van der Waals surface area contributed by atoms with Crippen LogP contribution in [0.4, 0.5) is 0 Å². The second kappa shape index (κ2) is 10.9. The number of nitrogens with one attached hydrogen (secondary N) is 1. The second-order valence-electron chi connectivity index (χ2n) is 10.6. The van der Waals surface area contributed by atoms with Gasteiger partial charge in [0, 0.05) is 30.8 Å². The molecule has 0 amide bonds. The molecule has 1 aliphatic rings. The quantitative estimate of drug-likeness (QED) is 0.358. The van der Waals surface area contributed by atoms with Gasteiger partial charge in [-0.2, -0.15) is 0 Å². The Morgan fingerprint density at radius 2 is 1.89 bits per heavy atom. The Bertz CT molecular complexity index is 1410. The predicted octanol–water partition coefficient (Wildman–Crippen LogP) is 4.71. The van der Waals surface area contributed by atoms with E-state index in [4.69, 9.17) is 4.74 Å². The Labute approximate surface area is 217 Å². The molecule has 8 heteroatoms. The molecule has 2 aromatic heterocycles. The van der Waals surface area contributed by atoms with Gasteiger partial charge in [0.1, 0.15) is 0 Å². The minimum absolute atomic E-state index is 0.0599. The molecule has 0 unspecified atom stereocenters. The normalized spacial score (nSPS) is 16.8. The molecule has 4 aromatic rings. The van der Waals surface area contributed by atoms with Crippen molar-refractivity contribution in [1.29, 1.82) is 0 Å². The molecule has 0 aliphatic carbocycles. The number of aromatic nitrogens is 5. The number of hydrogen-bond acceptors (Lipinski definition) is 6. The number of ether oxygens (including phenoxy) is 1. The topological polar surface area (TPSA) is 88.9 Å². The molecule has 3 heterocycles. The standard InChI is InChI=1S/C29H36N6O2/c1-19(2)27(28-31-32-33-35(28)18-25-11-8-12-37-25)34(16-22-9-6-5-7-10-22)17-24-15-23-13-20(3)21(4)14-26(23)30-29(24)36/h5-7,9-10,13-15,19,25,27H,8,11-12,16-18H2,1-4H3,(H,30,36)/t25-,27-/m0/s1. The molecular weight excluding hydrogens is 464 g/mol. The summed E-state index contributed by atoms with van der Waals surface area (Å²) >= 11 is 0. The van der Waals surface area contributed by atoms with Crippen molar-refractivity contribution < 1.29 is 4.74 Å². The maximum absolute atomic E-state index is 13.2. The molecular formula is C29H36N6O2. The van der Waals surface area contributed by atoms with Gasteiger partial charge in [-0.25, -0.2) is 4.68 Å². The number of benzene rings is 2. The number of hydrogen-bond donors (Lipinski definition) is 1. The van der Waals surface area contributed by atoms with E-state index in [1.54, 1.807) is 0 Å². The minimum Gasteiger partial charge on any atom is -0.376 e. The van der Waals surface area contributed by atoms with Crippen LogP contribution in [0.2, 0.25) is 0 Å². The Hall–Kier alpha value is -3.36. The van der Waals surface area contributed by atoms with Crippen molar-refractivity contribution >= 4 is 10.9 Å². The fraction of sp³-hybridized carbons (Fsp3) is 0.448. The highest BCUT2D eigenvalue weighted by molar-refractivity contribution is 5.80. The van der Waals surface area contributed by atoms with Crippen molar-refractivity contribution in [2.45, 2.75) is 72.3 Å². The lowest BCUT2D eigenvalue weighted by atomic mass is 9.99. The fourth-order valence-corrected chi connectivity index (χ4v) is 5.35. The number of rotatable bonds is 9. The van der Waals surface area contributed by atoms with Gasteiger partial charge < -0.3 is 9.72 Å². The summed E-state index contributed by atoms with van der Waals surface area (Å²) in [5.41, 5.74) is 5.09. The Kier molecular flexibility index (Phi) is 7.48. The third kappa shape index (κ3) is 5.65. The number of fused-ring (bicyclic) bond motifs is 1. The summed E-state index contributed by atoms with van der Waals surface area (Å²) in [4.78, 5) is 18.7. The van der Waals surface area contributed by atoms with Crippen molar-refractivity contribution in [3.8, 4) is 0 Å². The summed E-state index contributed by atoms with van der Waals surface area (Å²) in [5, 5.41) is 13.9. The summed E-state index contributed by atoms with van der Waals surface area (Å²) in [7, 11) is 0. The lowest BCUT2D eigenvalue weighted by molar-refractivity contribution is 0.0851. The van der Waals surface area contributed by atoms with Crippen molar-refractivity contribution in [3.05, 3.63) is 87.0 Å². The van der Waals surface area contributed by atoms with Crippen LogP contribution in [0, 0.1) is 19.8 Å². The fourth-order valence-electron chi connectivity index (χ4n) is 5.35. The smallest absolute Gasteiger partial charge is 0.252 e. The highest BCUT2D eigenvalue weighted by Crippen LogP contribution is 2.31. The molecule has 0 spiro atoms. The van der Waals surface area contributed by atoms with Gasteiger partial charge in [0.25, 0.3) is 5.56 Å². The number of pyridine rings is 1. The third-order valence-corrected chi connectivity index (χ3v) is 7.39. The highest BCUT2D eigenvalue weighted by atomic mass is 16.5. The average molecular weight is 501 g/mol. The molecule has 1 aliphatic heterocycles. The first-order valence-corrected chi connectivity index (χ1v) is 13.2. The Balaban J connectivity index is 1.53. The average Bonchev–Trinajstić information content (AvgIpc) is 3.54. The molecule has 0 saturated carbocycles. The summed E-state index contributed by atoms with van der Waals surface area (Å²) in [5.74, 6) is 1.02. The monoisotopic (exact) mass is 500 g/mol. The van der Waals surface area contributed by atoms with Crippen molar-refractivity contribution in [2.75, 3.05) is 6.61 Å². The van der Waals surface area contributed by atoms with Crippen molar-refractivity contribution in [3.63, 3.8) is 0 Å². The summed E-state index contributed by atoms with van der Waals surface area (Å²) in [6, 6.07) is 16.5. The molecule has 1 fully saturated rings. The van der Waals surface area contributed by atoms with Crippen LogP contribution in [0.15, 0.2) is 53.3 Å². The van der Waals surface area contributed by atoms with E-state index in [0.717, 1.165) is 41.7 Å². The molecule has 0 radical (unpaired) electrons. The van der Waals surface area contributed by atoms with E-state index in [-0.39, 0.29) is 23.6 Å². The lowest BCUT2D eigenvalue weighted by Crippen LogP contribution is -2.36. The van der Waals surface area contributed by atoms with Crippen LogP contribution in [-0.2, 0) is 24.4 Å². The summed E-state index contributed by atoms with van der Waals surface area (Å²) in [6.07, 6.45) is 2.22. The molecule has 8 nitrogen and oxygen atoms in total. The van der Waals surface area contributed by atoms with E-state index >= 15 is 0 Å². The van der Waals surface area contributed by atoms with Gasteiger partial charge in [-0.3, -0.25) is 9.69 Å². The van der Waals surface area contributed by atoms with Crippen LogP contribution in [0.3, 0.4) is 0 Å². The first-order valence-electron chi connectivity index (χ1n) is 13.2. The minimum atomic E-state index is -0.0912. The zero-order valence-corrected chi connectivity index (χ0v) is 22.1. The van der Waals surface area contributed by atoms with Crippen LogP contribution in [-0.4, -0.2) is 42.8 Å². The SMILES string of the molecule is Cc1cc2cc(CN(Cc3ccccc3)[C@H](c3nnnn3C[C@@H]3CCCO3)C(C)C)c(=O)[nH]c2cc1C. The molecule has 37 heavy (non-hydrogen) atoms. The maximum Gasteiger partial charge on any atom is 0.252 e. The molecule has 1 N–H and O–H groups in total. The van der Waals surface area contributed by atoms with E-state index in [2.05, 4.69) is 71.3 Å². The zero-order valence-electron chi connectivity index (χ0n) is 22.1. The van der Waals surface area contributed by atoms with Crippen molar-refractivity contribution in [2.24, 2.45) is 5.92 Å². The van der Waals surface area contributed by atoms with E-state index in [0.29, 0.717) is 19.6 Å². The maximum atomic E-state index is 13.2. The molecule has 194 valence electrons. The number of aryl methyl sites for hydroxylation is 2. The molecule has 5 rings (SSSR count). The van der Waals surface area contributed by atoms with Crippen LogP contribution < -0.4 is 5.56 Å². The third-order valence-electron chi connectivity index (χ3n) is 7.39. The van der Waals surface area contributed by atoms with Gasteiger partial charge in [0.2, 0.25) is 0 Å². The van der Waals surface area contributed by atoms with Gasteiger partial charge in [-0.05, 0) is 83.3 Å². The van der Waals surface area contributed by atoms with Crippen LogP contribution >= 0.6 is 0 Å². The van der Waals surface area contributed by atoms with Gasteiger partial charge in [-0.1, -0.05) is 44.2 Å². The molecule has 2 aromatic carbocycles. The number of nitrogens with zero attached hydrogens (tertiary/aromatic N) is 5. The summed E-state index contributed by atoms with van der Waals surface area (Å²) in [6.45, 7) is 11.1. The first kappa shape index (κ1) is 25.3. The van der Waals surface area contributed by atoms with E-state index in [1.807, 2.05) is 35.0 Å². The van der Waals surface area contributed by atoms with Gasteiger partial charge in [0.05, 0.1) is 18.7 Å². The van der Waals surface area contributed by atoms with E-state index in [9.17, 15) is 4.79 Å².